The Kier molecular flexibility index (Phi) is 7.80. The topological polar surface area (TPSA) is 55.7 Å². The smallest absolute Gasteiger partial charge is 0.171 e. The van der Waals surface area contributed by atoms with E-state index in [1.165, 1.54) is 21.0 Å². The Labute approximate surface area is 349 Å². The summed E-state index contributed by atoms with van der Waals surface area (Å²) in [5.41, 5.74) is 6.45. The summed E-state index contributed by atoms with van der Waals surface area (Å²) in [5.74, 6) is 1.86. The highest BCUT2D eigenvalue weighted by atomic mass is 32.2. The third-order valence-corrected chi connectivity index (χ3v) is 17.3. The minimum Gasteiger partial charge on any atom is -0.309 e. The maximum Gasteiger partial charge on any atom is 0.171 e. The molecule has 0 N–H and O–H groups in total. The Morgan fingerprint density at radius 2 is 0.983 bits per heavy atom. The number of rotatable bonds is 4. The molecule has 0 bridgehead atoms. The van der Waals surface area contributed by atoms with E-state index in [1.807, 2.05) is 97.1 Å². The molecular formula is C52H32N3OPS2. The first-order chi connectivity index (χ1) is 29.1. The van der Waals surface area contributed by atoms with Crippen LogP contribution >= 0.6 is 30.2 Å². The van der Waals surface area contributed by atoms with Crippen molar-refractivity contribution < 1.29 is 4.57 Å². The molecule has 4 heterocycles. The number of hydrogen-bond acceptors (Lipinski definition) is 6. The van der Waals surface area contributed by atoms with E-state index in [0.29, 0.717) is 17.5 Å². The fourth-order valence-electron chi connectivity index (χ4n) is 9.28. The van der Waals surface area contributed by atoms with Gasteiger partial charge in [0.25, 0.3) is 0 Å². The Morgan fingerprint density at radius 3 is 1.71 bits per heavy atom. The van der Waals surface area contributed by atoms with Crippen molar-refractivity contribution in [2.75, 3.05) is 0 Å². The lowest BCUT2D eigenvalue weighted by Gasteiger charge is -2.47. The lowest BCUT2D eigenvalue weighted by atomic mass is 9.64. The van der Waals surface area contributed by atoms with Gasteiger partial charge < -0.3 is 4.57 Å². The summed E-state index contributed by atoms with van der Waals surface area (Å²) in [6.45, 7) is 0. The molecule has 0 radical (unpaired) electrons. The molecular weight excluding hydrogens is 778 g/mol. The molecule has 2 unspecified atom stereocenters. The number of fused-ring (bicyclic) bond motifs is 11. The predicted octanol–water partition coefficient (Wildman–Crippen LogP) is 12.0. The number of hydrogen-bond donors (Lipinski definition) is 0. The minimum absolute atomic E-state index is 0.610. The van der Waals surface area contributed by atoms with Crippen molar-refractivity contribution >= 4 is 66.3 Å². The van der Waals surface area contributed by atoms with Gasteiger partial charge in [-0.1, -0.05) is 176 Å². The zero-order valence-corrected chi connectivity index (χ0v) is 34.0. The quantitative estimate of drug-likeness (QED) is 0.166. The largest absolute Gasteiger partial charge is 0.309 e. The van der Waals surface area contributed by atoms with E-state index in [0.717, 1.165) is 63.8 Å². The number of benzene rings is 8. The van der Waals surface area contributed by atoms with Gasteiger partial charge in [-0.15, -0.1) is 11.3 Å². The first kappa shape index (κ1) is 34.6. The first-order valence-corrected chi connectivity index (χ1v) is 23.0. The van der Waals surface area contributed by atoms with Gasteiger partial charge in [-0.3, -0.25) is 0 Å². The third kappa shape index (κ3) is 5.10. The highest BCUT2D eigenvalue weighted by molar-refractivity contribution is 7.99. The van der Waals surface area contributed by atoms with Gasteiger partial charge in [0.2, 0.25) is 0 Å². The lowest BCUT2D eigenvalue weighted by molar-refractivity contribution is 0.589. The van der Waals surface area contributed by atoms with Crippen molar-refractivity contribution in [3.63, 3.8) is 0 Å². The molecule has 2 aliphatic rings. The first-order valence-electron chi connectivity index (χ1n) is 19.6. The van der Waals surface area contributed by atoms with Gasteiger partial charge in [0.1, 0.15) is 0 Å². The molecule has 8 aromatic carbocycles. The SMILES string of the molecule is O=P1(c2ccccc2)c2ccccc2C2(c3ccccc3Sc3cc(-c4nc(-c5ccccc5)nc(-c5ccccc5)n4)ccc32)c2cc3c(cc21)sc1ccccc13. The molecule has 0 aliphatic carbocycles. The van der Waals surface area contributed by atoms with Crippen LogP contribution in [0.4, 0.5) is 0 Å². The molecule has 278 valence electrons. The van der Waals surface area contributed by atoms with Gasteiger partial charge in [0.15, 0.2) is 24.6 Å². The van der Waals surface area contributed by atoms with E-state index >= 15 is 4.57 Å². The fourth-order valence-corrected chi connectivity index (χ4v) is 14.9. The normalized spacial score (nSPS) is 17.6. The van der Waals surface area contributed by atoms with E-state index in [1.54, 1.807) is 23.1 Å². The van der Waals surface area contributed by atoms with Gasteiger partial charge in [-0.25, -0.2) is 15.0 Å². The molecule has 2 aliphatic heterocycles. The van der Waals surface area contributed by atoms with Gasteiger partial charge in [-0.05, 0) is 52.6 Å². The molecule has 2 aromatic heterocycles. The molecule has 59 heavy (non-hydrogen) atoms. The standard InChI is InChI=1S/C52H32N3OPS2/c56-57(36-20-8-3-9-21-36)43-25-13-11-23-39(43)52(42-31-38-37-22-10-14-26-45(37)58-47(38)32-44(42)57)40-24-12-15-27-46(40)59-48-30-35(28-29-41(48)52)51-54-49(33-16-4-1-5-17-33)53-50(55-51)34-18-6-2-7-19-34/h1-32H. The average molecular weight is 810 g/mol. The second kappa shape index (κ2) is 13.3. The predicted molar refractivity (Wildman–Crippen MR) is 244 cm³/mol. The van der Waals surface area contributed by atoms with E-state index < -0.39 is 12.6 Å². The van der Waals surface area contributed by atoms with Crippen LogP contribution < -0.4 is 15.9 Å². The summed E-state index contributed by atoms with van der Waals surface area (Å²) in [6.07, 6.45) is 0. The maximum atomic E-state index is 16.5. The molecule has 7 heteroatoms. The average Bonchev–Trinajstić information content (AvgIpc) is 3.68. The number of nitrogens with zero attached hydrogens (tertiary/aromatic N) is 3. The molecule has 0 saturated heterocycles. The van der Waals surface area contributed by atoms with Gasteiger partial charge in [0, 0.05) is 62.6 Å². The van der Waals surface area contributed by atoms with Crippen LogP contribution in [0.2, 0.25) is 0 Å². The van der Waals surface area contributed by atoms with Crippen LogP contribution in [0.5, 0.6) is 0 Å². The zero-order valence-electron chi connectivity index (χ0n) is 31.5. The maximum absolute atomic E-state index is 16.5. The van der Waals surface area contributed by atoms with Gasteiger partial charge >= 0.3 is 0 Å². The summed E-state index contributed by atoms with van der Waals surface area (Å²) < 4.78 is 18.9. The molecule has 2 atom stereocenters. The van der Waals surface area contributed by atoms with Crippen molar-refractivity contribution in [2.45, 2.75) is 15.2 Å². The molecule has 10 aromatic rings. The summed E-state index contributed by atoms with van der Waals surface area (Å²) >= 11 is 3.55. The highest BCUT2D eigenvalue weighted by Gasteiger charge is 2.54. The van der Waals surface area contributed by atoms with E-state index in [9.17, 15) is 0 Å². The number of thiophene rings is 1. The van der Waals surface area contributed by atoms with Crippen LogP contribution in [-0.2, 0) is 9.98 Å². The summed E-state index contributed by atoms with van der Waals surface area (Å²) in [7, 11) is -3.36. The van der Waals surface area contributed by atoms with Crippen LogP contribution in [0.3, 0.4) is 0 Å². The molecule has 1 spiro atoms. The molecule has 0 fully saturated rings. The lowest BCUT2D eigenvalue weighted by Crippen LogP contribution is -2.48. The van der Waals surface area contributed by atoms with Crippen LogP contribution in [0, 0.1) is 0 Å². The van der Waals surface area contributed by atoms with Gasteiger partial charge in [-0.2, -0.15) is 0 Å². The Hall–Kier alpha value is -6.43. The van der Waals surface area contributed by atoms with E-state index in [4.69, 9.17) is 15.0 Å². The molecule has 12 rings (SSSR count). The second-order valence-electron chi connectivity index (χ2n) is 15.0. The second-order valence-corrected chi connectivity index (χ2v) is 19.9. The Bertz CT molecular complexity index is 3290. The summed E-state index contributed by atoms with van der Waals surface area (Å²) in [4.78, 5) is 17.5. The minimum atomic E-state index is -3.36. The van der Waals surface area contributed by atoms with Crippen molar-refractivity contribution in [3.8, 4) is 34.2 Å². The summed E-state index contributed by atoms with van der Waals surface area (Å²) in [6, 6.07) is 67.5. The number of aromatic nitrogens is 3. The molecule has 0 saturated carbocycles. The van der Waals surface area contributed by atoms with Crippen molar-refractivity contribution in [1.82, 2.24) is 15.0 Å². The van der Waals surface area contributed by atoms with Crippen molar-refractivity contribution in [1.29, 1.82) is 0 Å². The Balaban J connectivity index is 1.17. The van der Waals surface area contributed by atoms with Crippen LogP contribution in [0.1, 0.15) is 22.3 Å². The van der Waals surface area contributed by atoms with E-state index in [-0.39, 0.29) is 0 Å². The summed E-state index contributed by atoms with van der Waals surface area (Å²) in [5, 5.41) is 5.02. The fraction of sp³-hybridized carbons (Fsp3) is 0.0192. The van der Waals surface area contributed by atoms with Crippen LogP contribution in [-0.4, -0.2) is 15.0 Å². The van der Waals surface area contributed by atoms with Crippen molar-refractivity contribution in [2.24, 2.45) is 0 Å². The molecule has 0 amide bonds. The van der Waals surface area contributed by atoms with Gasteiger partial charge in [0.05, 0.1) is 5.41 Å². The van der Waals surface area contributed by atoms with Crippen LogP contribution in [0.25, 0.3) is 54.3 Å². The zero-order chi connectivity index (χ0) is 39.1. The molecule has 4 nitrogen and oxygen atoms in total. The third-order valence-electron chi connectivity index (χ3n) is 11.9. The monoisotopic (exact) mass is 809 g/mol. The highest BCUT2D eigenvalue weighted by Crippen LogP contribution is 2.62. The van der Waals surface area contributed by atoms with E-state index in [2.05, 4.69) is 97.1 Å². The van der Waals surface area contributed by atoms with Crippen molar-refractivity contribution in [3.05, 3.63) is 216 Å². The Morgan fingerprint density at radius 1 is 0.407 bits per heavy atom. The van der Waals surface area contributed by atoms with Crippen LogP contribution in [0.15, 0.2) is 204 Å².